The van der Waals surface area contributed by atoms with Crippen molar-refractivity contribution in [2.24, 2.45) is 0 Å². The Labute approximate surface area is 69.1 Å². The number of H-pyrrole nitrogens is 1. The molecule has 0 radical (unpaired) electrons. The first-order valence-electron chi connectivity index (χ1n) is 3.71. The third-order valence-electron chi connectivity index (χ3n) is 1.91. The Balaban J connectivity index is 3.05. The van der Waals surface area contributed by atoms with Crippen molar-refractivity contribution in [2.45, 2.75) is 6.92 Å². The zero-order valence-corrected chi connectivity index (χ0v) is 6.66. The fraction of sp³-hybridized carbons (Fsp3) is 0.111. The molecule has 0 aromatic carbocycles. The van der Waals surface area contributed by atoms with Crippen molar-refractivity contribution < 1.29 is 0 Å². The van der Waals surface area contributed by atoms with Gasteiger partial charge in [-0.3, -0.25) is 9.78 Å². The maximum absolute atomic E-state index is 11.2. The largest absolute Gasteiger partial charge is 0.328 e. The number of nitrogens with zero attached hydrogens (tertiary/aromatic N) is 1. The van der Waals surface area contributed by atoms with Crippen LogP contribution in [0.15, 0.2) is 29.5 Å². The van der Waals surface area contributed by atoms with Crippen molar-refractivity contribution in [1.29, 1.82) is 0 Å². The average Bonchev–Trinajstić information content (AvgIpc) is 2.12. The van der Waals surface area contributed by atoms with E-state index in [0.29, 0.717) is 5.39 Å². The highest BCUT2D eigenvalue weighted by Gasteiger charge is 1.98. The van der Waals surface area contributed by atoms with E-state index in [1.54, 1.807) is 24.7 Å². The molecule has 0 amide bonds. The van der Waals surface area contributed by atoms with Crippen LogP contribution in [0.3, 0.4) is 0 Å². The standard InChI is InChI=1S/C9H8N2O/c1-6-4-11-9(12)7-2-3-10-5-8(6)7/h2-5H,1H3,(H,11,12). The summed E-state index contributed by atoms with van der Waals surface area (Å²) in [4.78, 5) is 17.9. The maximum Gasteiger partial charge on any atom is 0.255 e. The second-order valence-electron chi connectivity index (χ2n) is 2.72. The van der Waals surface area contributed by atoms with Gasteiger partial charge in [-0.2, -0.15) is 0 Å². The average molecular weight is 160 g/mol. The van der Waals surface area contributed by atoms with E-state index in [-0.39, 0.29) is 5.56 Å². The predicted molar refractivity (Wildman–Crippen MR) is 47.1 cm³/mol. The molecule has 0 unspecified atom stereocenters. The minimum absolute atomic E-state index is 0.0574. The molecule has 12 heavy (non-hydrogen) atoms. The first kappa shape index (κ1) is 7.03. The van der Waals surface area contributed by atoms with Crippen LogP contribution in [0.4, 0.5) is 0 Å². The SMILES string of the molecule is Cc1c[nH]c(=O)c2ccncc12. The van der Waals surface area contributed by atoms with Gasteiger partial charge in [-0.05, 0) is 18.6 Å². The van der Waals surface area contributed by atoms with Crippen LogP contribution >= 0.6 is 0 Å². The number of aromatic nitrogens is 2. The Bertz CT molecular complexity index is 473. The number of aryl methyl sites for hydroxylation is 1. The number of fused-ring (bicyclic) bond motifs is 1. The van der Waals surface area contributed by atoms with Gasteiger partial charge in [0.25, 0.3) is 5.56 Å². The van der Waals surface area contributed by atoms with Crippen LogP contribution in [0.5, 0.6) is 0 Å². The lowest BCUT2D eigenvalue weighted by Gasteiger charge is -1.97. The highest BCUT2D eigenvalue weighted by molar-refractivity contribution is 5.83. The van der Waals surface area contributed by atoms with Gasteiger partial charge in [0.1, 0.15) is 0 Å². The molecule has 1 N–H and O–H groups in total. The summed E-state index contributed by atoms with van der Waals surface area (Å²) in [5, 5.41) is 1.62. The Morgan fingerprint density at radius 1 is 1.42 bits per heavy atom. The second kappa shape index (κ2) is 2.44. The molecule has 0 atom stereocenters. The molecule has 0 aliphatic rings. The number of pyridine rings is 2. The van der Waals surface area contributed by atoms with Crippen LogP contribution in [0, 0.1) is 6.92 Å². The fourth-order valence-corrected chi connectivity index (χ4v) is 1.24. The van der Waals surface area contributed by atoms with Gasteiger partial charge in [-0.1, -0.05) is 0 Å². The monoisotopic (exact) mass is 160 g/mol. The molecule has 2 heterocycles. The molecule has 2 rings (SSSR count). The summed E-state index contributed by atoms with van der Waals surface area (Å²) in [5.41, 5.74) is 0.982. The van der Waals surface area contributed by atoms with Crippen molar-refractivity contribution in [1.82, 2.24) is 9.97 Å². The predicted octanol–water partition coefficient (Wildman–Crippen LogP) is 1.23. The minimum Gasteiger partial charge on any atom is -0.328 e. The van der Waals surface area contributed by atoms with Crippen LogP contribution in [0.2, 0.25) is 0 Å². The van der Waals surface area contributed by atoms with Crippen molar-refractivity contribution in [3.8, 4) is 0 Å². The van der Waals surface area contributed by atoms with Crippen LogP contribution < -0.4 is 5.56 Å². The number of rotatable bonds is 0. The fourth-order valence-electron chi connectivity index (χ4n) is 1.24. The number of nitrogens with one attached hydrogen (secondary N) is 1. The highest BCUT2D eigenvalue weighted by Crippen LogP contribution is 2.10. The molecule has 3 nitrogen and oxygen atoms in total. The zero-order valence-electron chi connectivity index (χ0n) is 6.66. The lowest BCUT2D eigenvalue weighted by atomic mass is 10.1. The Hall–Kier alpha value is -1.64. The van der Waals surface area contributed by atoms with E-state index in [4.69, 9.17) is 0 Å². The van der Waals surface area contributed by atoms with E-state index in [9.17, 15) is 4.79 Å². The van der Waals surface area contributed by atoms with Crippen molar-refractivity contribution in [2.75, 3.05) is 0 Å². The van der Waals surface area contributed by atoms with Gasteiger partial charge in [0.15, 0.2) is 0 Å². The summed E-state index contributed by atoms with van der Waals surface area (Å²) in [6.07, 6.45) is 5.03. The molecular formula is C9H8N2O. The first-order chi connectivity index (χ1) is 5.79. The third kappa shape index (κ3) is 0.906. The molecular weight excluding hydrogens is 152 g/mol. The Morgan fingerprint density at radius 3 is 3.00 bits per heavy atom. The molecule has 2 aromatic rings. The van der Waals surface area contributed by atoms with Crippen LogP contribution in [0.1, 0.15) is 5.56 Å². The normalized spacial score (nSPS) is 10.4. The number of hydrogen-bond acceptors (Lipinski definition) is 2. The maximum atomic E-state index is 11.2. The number of aromatic amines is 1. The smallest absolute Gasteiger partial charge is 0.255 e. The van der Waals surface area contributed by atoms with Gasteiger partial charge in [0.2, 0.25) is 0 Å². The molecule has 0 saturated heterocycles. The van der Waals surface area contributed by atoms with Crippen molar-refractivity contribution in [3.05, 3.63) is 40.6 Å². The van der Waals surface area contributed by atoms with Gasteiger partial charge in [-0.25, -0.2) is 0 Å². The topological polar surface area (TPSA) is 45.8 Å². The summed E-state index contributed by atoms with van der Waals surface area (Å²) >= 11 is 0. The van der Waals surface area contributed by atoms with E-state index < -0.39 is 0 Å². The molecule has 0 saturated carbocycles. The zero-order chi connectivity index (χ0) is 8.55. The molecule has 0 aliphatic heterocycles. The Morgan fingerprint density at radius 2 is 2.25 bits per heavy atom. The van der Waals surface area contributed by atoms with Gasteiger partial charge < -0.3 is 4.98 Å². The number of hydrogen-bond donors (Lipinski definition) is 1. The molecule has 2 aromatic heterocycles. The lowest BCUT2D eigenvalue weighted by molar-refractivity contribution is 1.23. The molecule has 3 heteroatoms. The summed E-state index contributed by atoms with van der Waals surface area (Å²) in [5.74, 6) is 0. The highest BCUT2D eigenvalue weighted by atomic mass is 16.1. The van der Waals surface area contributed by atoms with E-state index >= 15 is 0 Å². The van der Waals surface area contributed by atoms with Gasteiger partial charge in [-0.15, -0.1) is 0 Å². The molecule has 0 aliphatic carbocycles. The summed E-state index contributed by atoms with van der Waals surface area (Å²) in [6.45, 7) is 1.94. The quantitative estimate of drug-likeness (QED) is 0.630. The third-order valence-corrected chi connectivity index (χ3v) is 1.91. The molecule has 60 valence electrons. The van der Waals surface area contributed by atoms with Gasteiger partial charge in [0, 0.05) is 24.0 Å². The van der Waals surface area contributed by atoms with E-state index in [0.717, 1.165) is 10.9 Å². The first-order valence-corrected chi connectivity index (χ1v) is 3.71. The van der Waals surface area contributed by atoms with Crippen molar-refractivity contribution >= 4 is 10.8 Å². The lowest BCUT2D eigenvalue weighted by Crippen LogP contribution is -2.05. The van der Waals surface area contributed by atoms with Gasteiger partial charge >= 0.3 is 0 Å². The summed E-state index contributed by atoms with van der Waals surface area (Å²) in [6, 6.07) is 1.72. The molecule has 0 spiro atoms. The van der Waals surface area contributed by atoms with Gasteiger partial charge in [0.05, 0.1) is 5.39 Å². The van der Waals surface area contributed by atoms with Crippen LogP contribution in [0.25, 0.3) is 10.8 Å². The van der Waals surface area contributed by atoms with Crippen LogP contribution in [-0.4, -0.2) is 9.97 Å². The Kier molecular flexibility index (Phi) is 1.43. The minimum atomic E-state index is -0.0574. The van der Waals surface area contributed by atoms with E-state index in [1.807, 2.05) is 6.92 Å². The van der Waals surface area contributed by atoms with Crippen LogP contribution in [-0.2, 0) is 0 Å². The van der Waals surface area contributed by atoms with E-state index in [2.05, 4.69) is 9.97 Å². The summed E-state index contributed by atoms with van der Waals surface area (Å²) in [7, 11) is 0. The van der Waals surface area contributed by atoms with E-state index in [1.165, 1.54) is 0 Å². The molecule has 0 bridgehead atoms. The summed E-state index contributed by atoms with van der Waals surface area (Å²) < 4.78 is 0. The molecule has 0 fully saturated rings. The van der Waals surface area contributed by atoms with Crippen molar-refractivity contribution in [3.63, 3.8) is 0 Å². The second-order valence-corrected chi connectivity index (χ2v) is 2.72.